The molecule has 1 fully saturated rings. The van der Waals surface area contributed by atoms with Crippen molar-refractivity contribution in [3.63, 3.8) is 0 Å². The predicted molar refractivity (Wildman–Crippen MR) is 159 cm³/mol. The summed E-state index contributed by atoms with van der Waals surface area (Å²) in [5.74, 6) is -1.41. The Morgan fingerprint density at radius 2 is 1.49 bits per heavy atom. The Morgan fingerprint density at radius 1 is 0.867 bits per heavy atom. The standard InChI is InChI=1S/C29H45N5O11/c30-17-5-4-13-24(27(35)32-18-10-14-26(32)29(37)43-20-7-9-22-45-34(40)41)31-25(16-15-23-11-2-1-3-12-23)28(36)42-19-6-8-21-44-33(38)39/h1-3,11-12,24-26,31H,4-10,13-22,30H2. The fraction of sp³-hybridized carbons (Fsp3) is 0.690. The van der Waals surface area contributed by atoms with E-state index in [1.54, 1.807) is 0 Å². The Hall–Kier alpha value is -4.05. The zero-order valence-corrected chi connectivity index (χ0v) is 25.5. The molecule has 0 spiro atoms. The highest BCUT2D eigenvalue weighted by atomic mass is 17.0. The van der Waals surface area contributed by atoms with E-state index in [1.165, 1.54) is 4.90 Å². The number of hydrogen-bond donors (Lipinski definition) is 2. The Bertz CT molecular complexity index is 1060. The van der Waals surface area contributed by atoms with Crippen molar-refractivity contribution < 1.29 is 43.7 Å². The summed E-state index contributed by atoms with van der Waals surface area (Å²) in [5, 5.41) is 22.1. The van der Waals surface area contributed by atoms with Crippen molar-refractivity contribution in [2.45, 2.75) is 88.8 Å². The SMILES string of the molecule is NCCCCC(NC(CCc1ccccc1)C(=O)OCCCCO[N+](=O)[O-])C(=O)N1CCCC1C(=O)OCCCCO[N+](=O)[O-]. The number of amides is 1. The number of carbonyl (C=O) groups excluding carboxylic acids is 3. The second-order valence-electron chi connectivity index (χ2n) is 10.6. The third kappa shape index (κ3) is 15.0. The molecule has 252 valence electrons. The maximum Gasteiger partial charge on any atom is 0.328 e. The molecule has 2 rings (SSSR count). The lowest BCUT2D eigenvalue weighted by Gasteiger charge is -2.30. The van der Waals surface area contributed by atoms with Crippen molar-refractivity contribution >= 4 is 17.8 Å². The molecular weight excluding hydrogens is 594 g/mol. The molecule has 0 saturated carbocycles. The number of rotatable bonds is 24. The highest BCUT2D eigenvalue weighted by molar-refractivity contribution is 5.89. The summed E-state index contributed by atoms with van der Waals surface area (Å²) in [5.41, 5.74) is 6.70. The first-order chi connectivity index (χ1) is 21.7. The number of carbonyl (C=O) groups is 3. The van der Waals surface area contributed by atoms with Gasteiger partial charge in [0.1, 0.15) is 12.1 Å². The lowest BCUT2D eigenvalue weighted by atomic mass is 10.0. The average molecular weight is 640 g/mol. The topological polar surface area (TPSA) is 216 Å². The van der Waals surface area contributed by atoms with E-state index < -0.39 is 40.2 Å². The molecule has 16 nitrogen and oxygen atoms in total. The van der Waals surface area contributed by atoms with Crippen LogP contribution < -0.4 is 11.1 Å². The minimum atomic E-state index is -0.879. The molecule has 1 amide bonds. The monoisotopic (exact) mass is 639 g/mol. The van der Waals surface area contributed by atoms with Crippen molar-refractivity contribution in [1.29, 1.82) is 0 Å². The van der Waals surface area contributed by atoms with E-state index in [2.05, 4.69) is 15.0 Å². The number of ether oxygens (including phenoxy) is 2. The first kappa shape index (κ1) is 37.1. The molecule has 0 aliphatic carbocycles. The fourth-order valence-electron chi connectivity index (χ4n) is 4.94. The van der Waals surface area contributed by atoms with Crippen LogP contribution >= 0.6 is 0 Å². The molecule has 1 aromatic carbocycles. The summed E-state index contributed by atoms with van der Waals surface area (Å²) in [6.45, 7) is 0.670. The molecule has 1 saturated heterocycles. The number of nitrogens with one attached hydrogen (secondary N) is 1. The minimum absolute atomic E-state index is 0.0351. The zero-order valence-electron chi connectivity index (χ0n) is 25.5. The smallest absolute Gasteiger partial charge is 0.328 e. The van der Waals surface area contributed by atoms with Gasteiger partial charge in [0.25, 0.3) is 10.2 Å². The third-order valence-corrected chi connectivity index (χ3v) is 7.26. The van der Waals surface area contributed by atoms with E-state index in [-0.39, 0.29) is 32.3 Å². The van der Waals surface area contributed by atoms with Crippen molar-refractivity contribution in [3.05, 3.63) is 56.1 Å². The number of nitrogens with two attached hydrogens (primary N) is 1. The Kier molecular flexibility index (Phi) is 17.8. The Balaban J connectivity index is 2.07. The molecule has 16 heteroatoms. The predicted octanol–water partition coefficient (Wildman–Crippen LogP) is 2.13. The lowest BCUT2D eigenvalue weighted by Crippen LogP contribution is -2.54. The number of esters is 2. The van der Waals surface area contributed by atoms with Crippen LogP contribution in [-0.4, -0.2) is 90.6 Å². The van der Waals surface area contributed by atoms with E-state index in [4.69, 9.17) is 15.2 Å². The molecule has 1 heterocycles. The highest BCUT2D eigenvalue weighted by Crippen LogP contribution is 2.22. The Labute approximate surface area is 262 Å². The first-order valence-electron chi connectivity index (χ1n) is 15.4. The molecule has 45 heavy (non-hydrogen) atoms. The van der Waals surface area contributed by atoms with Crippen LogP contribution in [0.3, 0.4) is 0 Å². The molecule has 0 bridgehead atoms. The summed E-state index contributed by atoms with van der Waals surface area (Å²) in [6.07, 6.45) is 5.01. The van der Waals surface area contributed by atoms with Gasteiger partial charge in [-0.05, 0) is 76.3 Å². The molecule has 3 atom stereocenters. The molecule has 1 aliphatic heterocycles. The van der Waals surface area contributed by atoms with E-state index >= 15 is 0 Å². The number of nitrogens with zero attached hydrogens (tertiary/aromatic N) is 3. The van der Waals surface area contributed by atoms with Gasteiger partial charge in [-0.2, -0.15) is 0 Å². The molecule has 0 radical (unpaired) electrons. The molecule has 1 aliphatic rings. The van der Waals surface area contributed by atoms with Gasteiger partial charge in [0, 0.05) is 6.54 Å². The quantitative estimate of drug-likeness (QED) is 0.0718. The molecular formula is C29H45N5O11. The van der Waals surface area contributed by atoms with Gasteiger partial charge in [-0.1, -0.05) is 36.8 Å². The summed E-state index contributed by atoms with van der Waals surface area (Å²) >= 11 is 0. The van der Waals surface area contributed by atoms with E-state index in [0.717, 1.165) is 5.56 Å². The van der Waals surface area contributed by atoms with Crippen LogP contribution in [0.15, 0.2) is 30.3 Å². The normalized spacial score (nSPS) is 15.6. The second kappa shape index (κ2) is 21.6. The van der Waals surface area contributed by atoms with Crippen LogP contribution in [0.5, 0.6) is 0 Å². The van der Waals surface area contributed by atoms with Gasteiger partial charge < -0.3 is 29.8 Å². The Morgan fingerprint density at radius 3 is 2.11 bits per heavy atom. The third-order valence-electron chi connectivity index (χ3n) is 7.26. The van der Waals surface area contributed by atoms with Gasteiger partial charge in [-0.3, -0.25) is 14.9 Å². The van der Waals surface area contributed by atoms with Crippen molar-refractivity contribution in [2.24, 2.45) is 5.73 Å². The molecule has 3 N–H and O–H groups in total. The number of benzene rings is 1. The van der Waals surface area contributed by atoms with Gasteiger partial charge in [0.2, 0.25) is 5.91 Å². The minimum Gasteiger partial charge on any atom is -0.465 e. The maximum absolute atomic E-state index is 13.9. The van der Waals surface area contributed by atoms with Crippen LogP contribution in [-0.2, 0) is 40.0 Å². The van der Waals surface area contributed by atoms with E-state index in [0.29, 0.717) is 83.7 Å². The largest absolute Gasteiger partial charge is 0.465 e. The zero-order chi connectivity index (χ0) is 32.9. The summed E-state index contributed by atoms with van der Waals surface area (Å²) < 4.78 is 10.9. The van der Waals surface area contributed by atoms with Crippen LogP contribution in [0.4, 0.5) is 0 Å². The van der Waals surface area contributed by atoms with Gasteiger partial charge in [0.15, 0.2) is 0 Å². The molecule has 1 aromatic rings. The number of likely N-dealkylation sites (tertiary alicyclic amines) is 1. The van der Waals surface area contributed by atoms with Gasteiger partial charge in [0.05, 0.1) is 32.5 Å². The second-order valence-corrected chi connectivity index (χ2v) is 10.6. The van der Waals surface area contributed by atoms with Gasteiger partial charge >= 0.3 is 11.9 Å². The van der Waals surface area contributed by atoms with Crippen molar-refractivity contribution in [3.8, 4) is 0 Å². The molecule has 3 unspecified atom stereocenters. The number of aryl methyl sites for hydroxylation is 1. The van der Waals surface area contributed by atoms with Crippen LogP contribution in [0, 0.1) is 20.2 Å². The van der Waals surface area contributed by atoms with E-state index in [1.807, 2.05) is 30.3 Å². The van der Waals surface area contributed by atoms with Gasteiger partial charge in [-0.15, -0.1) is 20.2 Å². The average Bonchev–Trinajstić information content (AvgIpc) is 3.52. The van der Waals surface area contributed by atoms with Crippen molar-refractivity contribution in [2.75, 3.05) is 39.5 Å². The van der Waals surface area contributed by atoms with Crippen LogP contribution in [0.25, 0.3) is 0 Å². The van der Waals surface area contributed by atoms with Crippen LogP contribution in [0.2, 0.25) is 0 Å². The summed E-state index contributed by atoms with van der Waals surface area (Å²) in [7, 11) is 0. The maximum atomic E-state index is 13.9. The van der Waals surface area contributed by atoms with E-state index in [9.17, 15) is 34.6 Å². The number of hydrogen-bond acceptors (Lipinski definition) is 13. The number of unbranched alkanes of at least 4 members (excludes halogenated alkanes) is 3. The molecule has 0 aromatic heterocycles. The first-order valence-corrected chi connectivity index (χ1v) is 15.4. The fourth-order valence-corrected chi connectivity index (χ4v) is 4.94. The van der Waals surface area contributed by atoms with Crippen molar-refractivity contribution in [1.82, 2.24) is 10.2 Å². The van der Waals surface area contributed by atoms with Crippen LogP contribution in [0.1, 0.15) is 69.8 Å². The summed E-state index contributed by atoms with van der Waals surface area (Å²) in [4.78, 5) is 70.6. The highest BCUT2D eigenvalue weighted by Gasteiger charge is 2.39. The summed E-state index contributed by atoms with van der Waals surface area (Å²) in [6, 6.07) is 7.18. The lowest BCUT2D eigenvalue weighted by molar-refractivity contribution is -0.757. The van der Waals surface area contributed by atoms with Gasteiger partial charge in [-0.25, -0.2) is 4.79 Å².